The molecule has 0 saturated heterocycles. The first kappa shape index (κ1) is 9.91. The van der Waals surface area contributed by atoms with E-state index in [1.807, 2.05) is 18.2 Å². The molecule has 16 heavy (non-hydrogen) atoms. The molecule has 84 valence electrons. The number of rotatable bonds is 2. The van der Waals surface area contributed by atoms with Crippen molar-refractivity contribution in [2.75, 3.05) is 6.61 Å². The Morgan fingerprint density at radius 3 is 3.00 bits per heavy atom. The van der Waals surface area contributed by atoms with Gasteiger partial charge in [-0.25, -0.2) is 0 Å². The van der Waals surface area contributed by atoms with E-state index in [9.17, 15) is 5.11 Å². The molecule has 3 rings (SSSR count). The van der Waals surface area contributed by atoms with Crippen molar-refractivity contribution >= 4 is 0 Å². The van der Waals surface area contributed by atoms with Crippen LogP contribution < -0.4 is 4.74 Å². The molecule has 0 aromatic heterocycles. The summed E-state index contributed by atoms with van der Waals surface area (Å²) >= 11 is 0. The Bertz CT molecular complexity index is 422. The zero-order chi connectivity index (χ0) is 11.0. The summed E-state index contributed by atoms with van der Waals surface area (Å²) in [6, 6.07) is 8.27. The largest absolute Gasteiger partial charge is 0.493 e. The number of allylic oxidation sites excluding steroid dienone is 1. The molecule has 0 fully saturated rings. The molecule has 0 bridgehead atoms. The Labute approximate surface area is 95.6 Å². The van der Waals surface area contributed by atoms with Crippen LogP contribution in [-0.4, -0.2) is 17.8 Å². The third-order valence-electron chi connectivity index (χ3n) is 3.50. The van der Waals surface area contributed by atoms with Crippen molar-refractivity contribution in [3.8, 4) is 5.75 Å². The van der Waals surface area contributed by atoms with Crippen molar-refractivity contribution in [2.24, 2.45) is 0 Å². The first-order valence-electron chi connectivity index (χ1n) is 5.92. The van der Waals surface area contributed by atoms with Crippen LogP contribution in [-0.2, 0) is 0 Å². The number of fused-ring (bicyclic) bond motifs is 1. The fourth-order valence-corrected chi connectivity index (χ4v) is 2.66. The van der Waals surface area contributed by atoms with Crippen LogP contribution in [0.5, 0.6) is 5.75 Å². The Hall–Kier alpha value is -1.28. The van der Waals surface area contributed by atoms with E-state index < -0.39 is 0 Å². The molecule has 0 radical (unpaired) electrons. The maximum Gasteiger partial charge on any atom is 0.122 e. The van der Waals surface area contributed by atoms with Crippen LogP contribution in [0, 0.1) is 0 Å². The highest BCUT2D eigenvalue weighted by atomic mass is 16.5. The maximum absolute atomic E-state index is 9.46. The van der Waals surface area contributed by atoms with Gasteiger partial charge in [0.2, 0.25) is 0 Å². The van der Waals surface area contributed by atoms with Crippen LogP contribution >= 0.6 is 0 Å². The number of hydrogen-bond donors (Lipinski definition) is 1. The molecule has 2 nitrogen and oxygen atoms in total. The van der Waals surface area contributed by atoms with Gasteiger partial charge in [-0.15, -0.1) is 0 Å². The minimum absolute atomic E-state index is 0.215. The molecule has 0 amide bonds. The lowest BCUT2D eigenvalue weighted by Crippen LogP contribution is -2.01. The summed E-state index contributed by atoms with van der Waals surface area (Å²) in [5.41, 5.74) is 2.71. The summed E-state index contributed by atoms with van der Waals surface area (Å²) < 4.78 is 5.66. The van der Waals surface area contributed by atoms with Gasteiger partial charge in [-0.3, -0.25) is 0 Å². The number of ether oxygens (including phenoxy) is 1. The standard InChI is InChI=1S/C14H16O2/c15-12-6-5-10(8-12)7-11-9-16-14-4-2-1-3-13(11)14/h1-4,8,11-12,15H,5-7,9H2. The minimum atomic E-state index is -0.215. The van der Waals surface area contributed by atoms with Gasteiger partial charge in [-0.2, -0.15) is 0 Å². The summed E-state index contributed by atoms with van der Waals surface area (Å²) in [6.07, 6.45) is 4.77. The van der Waals surface area contributed by atoms with Crippen molar-refractivity contribution in [1.29, 1.82) is 0 Å². The SMILES string of the molecule is OC1C=C(CC2COc3ccccc32)CC1. The van der Waals surface area contributed by atoms with Gasteiger partial charge in [-0.05, 0) is 25.3 Å². The van der Waals surface area contributed by atoms with Crippen molar-refractivity contribution in [3.63, 3.8) is 0 Å². The van der Waals surface area contributed by atoms with E-state index in [4.69, 9.17) is 4.74 Å². The molecule has 2 heteroatoms. The highest BCUT2D eigenvalue weighted by molar-refractivity contribution is 5.40. The van der Waals surface area contributed by atoms with Crippen LogP contribution in [0.2, 0.25) is 0 Å². The normalized spacial score (nSPS) is 27.4. The maximum atomic E-state index is 9.46. The molecule has 1 N–H and O–H groups in total. The lowest BCUT2D eigenvalue weighted by molar-refractivity contribution is 0.223. The predicted octanol–water partition coefficient (Wildman–Crippen LogP) is 2.63. The van der Waals surface area contributed by atoms with Crippen molar-refractivity contribution in [2.45, 2.75) is 31.3 Å². The van der Waals surface area contributed by atoms with Crippen molar-refractivity contribution in [1.82, 2.24) is 0 Å². The van der Waals surface area contributed by atoms with Gasteiger partial charge in [0, 0.05) is 11.5 Å². The molecule has 2 atom stereocenters. The second kappa shape index (κ2) is 3.95. The summed E-state index contributed by atoms with van der Waals surface area (Å²) in [7, 11) is 0. The second-order valence-corrected chi connectivity index (χ2v) is 4.68. The summed E-state index contributed by atoms with van der Waals surface area (Å²) in [6.45, 7) is 0.785. The molecule has 1 aromatic rings. The lowest BCUT2D eigenvalue weighted by Gasteiger charge is -2.08. The number of hydrogen-bond acceptors (Lipinski definition) is 2. The molecular formula is C14H16O2. The summed E-state index contributed by atoms with van der Waals surface area (Å²) in [5, 5.41) is 9.46. The van der Waals surface area contributed by atoms with E-state index in [1.54, 1.807) is 0 Å². The van der Waals surface area contributed by atoms with Crippen LogP contribution in [0.4, 0.5) is 0 Å². The lowest BCUT2D eigenvalue weighted by atomic mass is 9.93. The molecular weight excluding hydrogens is 200 g/mol. The fourth-order valence-electron chi connectivity index (χ4n) is 2.66. The van der Waals surface area contributed by atoms with E-state index in [-0.39, 0.29) is 6.10 Å². The molecule has 2 unspecified atom stereocenters. The Balaban J connectivity index is 1.76. The second-order valence-electron chi connectivity index (χ2n) is 4.68. The van der Waals surface area contributed by atoms with Gasteiger partial charge in [0.05, 0.1) is 12.7 Å². The molecule has 0 spiro atoms. The predicted molar refractivity (Wildman–Crippen MR) is 62.6 cm³/mol. The van der Waals surface area contributed by atoms with Gasteiger partial charge in [0.15, 0.2) is 0 Å². The van der Waals surface area contributed by atoms with E-state index in [1.165, 1.54) is 11.1 Å². The van der Waals surface area contributed by atoms with Gasteiger partial charge < -0.3 is 9.84 Å². The van der Waals surface area contributed by atoms with Crippen molar-refractivity contribution in [3.05, 3.63) is 41.5 Å². The third-order valence-corrected chi connectivity index (χ3v) is 3.50. The van der Waals surface area contributed by atoms with E-state index in [2.05, 4.69) is 12.1 Å². The van der Waals surface area contributed by atoms with E-state index in [0.29, 0.717) is 5.92 Å². The number of benzene rings is 1. The van der Waals surface area contributed by atoms with E-state index in [0.717, 1.165) is 31.6 Å². The summed E-state index contributed by atoms with van der Waals surface area (Å²) in [5.74, 6) is 1.51. The van der Waals surface area contributed by atoms with Crippen molar-refractivity contribution < 1.29 is 9.84 Å². The molecule has 2 aliphatic rings. The van der Waals surface area contributed by atoms with Crippen LogP contribution in [0.15, 0.2) is 35.9 Å². The topological polar surface area (TPSA) is 29.5 Å². The number of para-hydroxylation sites is 1. The van der Waals surface area contributed by atoms with Crippen LogP contribution in [0.3, 0.4) is 0 Å². The van der Waals surface area contributed by atoms with Crippen LogP contribution in [0.1, 0.15) is 30.7 Å². The Morgan fingerprint density at radius 2 is 2.19 bits per heavy atom. The number of aliphatic hydroxyl groups is 1. The molecule has 0 saturated carbocycles. The first-order chi connectivity index (χ1) is 7.83. The quantitative estimate of drug-likeness (QED) is 0.770. The minimum Gasteiger partial charge on any atom is -0.493 e. The van der Waals surface area contributed by atoms with Gasteiger partial charge in [0.1, 0.15) is 5.75 Å². The molecule has 1 heterocycles. The van der Waals surface area contributed by atoms with Gasteiger partial charge in [0.25, 0.3) is 0 Å². The smallest absolute Gasteiger partial charge is 0.122 e. The van der Waals surface area contributed by atoms with Crippen LogP contribution in [0.25, 0.3) is 0 Å². The highest BCUT2D eigenvalue weighted by Crippen LogP contribution is 2.38. The third kappa shape index (κ3) is 1.74. The van der Waals surface area contributed by atoms with E-state index >= 15 is 0 Å². The molecule has 1 aliphatic carbocycles. The Kier molecular flexibility index (Phi) is 2.44. The molecule has 1 aliphatic heterocycles. The zero-order valence-corrected chi connectivity index (χ0v) is 9.23. The highest BCUT2D eigenvalue weighted by Gasteiger charge is 2.25. The average molecular weight is 216 g/mol. The first-order valence-corrected chi connectivity index (χ1v) is 5.92. The Morgan fingerprint density at radius 1 is 1.31 bits per heavy atom. The molecule has 1 aromatic carbocycles. The fraction of sp³-hybridized carbons (Fsp3) is 0.429. The van der Waals surface area contributed by atoms with Gasteiger partial charge in [-0.1, -0.05) is 29.8 Å². The zero-order valence-electron chi connectivity index (χ0n) is 9.23. The number of aliphatic hydroxyl groups excluding tert-OH is 1. The monoisotopic (exact) mass is 216 g/mol. The average Bonchev–Trinajstić information content (AvgIpc) is 2.87. The summed E-state index contributed by atoms with van der Waals surface area (Å²) in [4.78, 5) is 0. The van der Waals surface area contributed by atoms with Gasteiger partial charge >= 0.3 is 0 Å².